The molecule has 1 fully saturated rings. The van der Waals surface area contributed by atoms with Crippen LogP contribution in [0.3, 0.4) is 0 Å². The number of aromatic nitrogens is 1. The summed E-state index contributed by atoms with van der Waals surface area (Å²) in [6.45, 7) is 1.33. The number of esters is 1. The maximum atomic E-state index is 15.0. The van der Waals surface area contributed by atoms with Crippen molar-refractivity contribution in [2.45, 2.75) is 43.4 Å². The molecule has 2 N–H and O–H groups in total. The molecule has 5 rings (SSSR count). The number of methoxy groups -OCH3 is 2. The smallest absolute Gasteiger partial charge is 0.323 e. The van der Waals surface area contributed by atoms with Gasteiger partial charge in [0, 0.05) is 54.3 Å². The number of halogens is 1. The van der Waals surface area contributed by atoms with Gasteiger partial charge in [-0.15, -0.1) is 0 Å². The van der Waals surface area contributed by atoms with Crippen molar-refractivity contribution in [3.8, 4) is 0 Å². The normalized spacial score (nSPS) is 24.9. The van der Waals surface area contributed by atoms with Gasteiger partial charge in [0.1, 0.15) is 11.9 Å². The van der Waals surface area contributed by atoms with E-state index in [1.807, 2.05) is 24.3 Å². The Balaban J connectivity index is 1.63. The van der Waals surface area contributed by atoms with Crippen LogP contribution >= 0.6 is 0 Å². The molecule has 1 saturated heterocycles. The lowest BCUT2D eigenvalue weighted by Gasteiger charge is -2.50. The van der Waals surface area contributed by atoms with Crippen LogP contribution < -0.4 is 5.32 Å². The van der Waals surface area contributed by atoms with Crippen LogP contribution in [-0.2, 0) is 20.7 Å². The first-order valence-corrected chi connectivity index (χ1v) is 11.5. The minimum Gasteiger partial charge on any atom is -0.468 e. The van der Waals surface area contributed by atoms with Gasteiger partial charge in [0.05, 0.1) is 19.8 Å². The highest BCUT2D eigenvalue weighted by atomic mass is 19.1. The van der Waals surface area contributed by atoms with E-state index in [-0.39, 0.29) is 29.9 Å². The van der Waals surface area contributed by atoms with Gasteiger partial charge in [0.2, 0.25) is 0 Å². The van der Waals surface area contributed by atoms with E-state index in [0.717, 1.165) is 35.1 Å². The van der Waals surface area contributed by atoms with Gasteiger partial charge in [-0.05, 0) is 30.5 Å². The quantitative estimate of drug-likeness (QED) is 0.440. The van der Waals surface area contributed by atoms with Gasteiger partial charge in [-0.25, -0.2) is 4.39 Å². The summed E-state index contributed by atoms with van der Waals surface area (Å²) in [5.41, 5.74) is 3.96. The monoisotopic (exact) mass is 451 g/mol. The number of piperidine rings is 1. The Hall–Kier alpha value is -2.74. The van der Waals surface area contributed by atoms with Crippen LogP contribution in [-0.4, -0.2) is 55.3 Å². The topological polar surface area (TPSA) is 66.6 Å². The first-order valence-electron chi connectivity index (χ1n) is 11.5. The number of benzene rings is 2. The number of carbonyl (C=O) groups is 1. The SMILES string of the molecule is COCCN[C@@H]1C[C@@H]2c3[nH]c4ccccc4c3C[C@@H](C(=O)OC)N2[C@H](c2ccccc2F)C1. The summed E-state index contributed by atoms with van der Waals surface area (Å²) >= 11 is 0. The Bertz CT molecular complexity index is 1150. The number of carbonyl (C=O) groups excluding carboxylic acids is 1. The van der Waals surface area contributed by atoms with E-state index in [1.54, 1.807) is 13.2 Å². The number of nitrogens with zero attached hydrogens (tertiary/aromatic N) is 1. The summed E-state index contributed by atoms with van der Waals surface area (Å²) in [5, 5.41) is 4.73. The number of H-pyrrole nitrogens is 1. The highest BCUT2D eigenvalue weighted by molar-refractivity contribution is 5.87. The zero-order valence-electron chi connectivity index (χ0n) is 19.0. The Morgan fingerprint density at radius 2 is 1.88 bits per heavy atom. The molecule has 1 aromatic heterocycles. The molecule has 0 spiro atoms. The predicted molar refractivity (Wildman–Crippen MR) is 124 cm³/mol. The molecule has 2 aliphatic rings. The maximum Gasteiger partial charge on any atom is 0.323 e. The van der Waals surface area contributed by atoms with Gasteiger partial charge in [-0.2, -0.15) is 0 Å². The van der Waals surface area contributed by atoms with Crippen molar-refractivity contribution < 1.29 is 18.7 Å². The van der Waals surface area contributed by atoms with Crippen LogP contribution in [0.5, 0.6) is 0 Å². The lowest BCUT2D eigenvalue weighted by Crippen LogP contribution is -2.56. The Kier molecular flexibility index (Phi) is 6.19. The van der Waals surface area contributed by atoms with E-state index in [2.05, 4.69) is 27.3 Å². The van der Waals surface area contributed by atoms with E-state index in [9.17, 15) is 4.79 Å². The van der Waals surface area contributed by atoms with Crippen LogP contribution in [0.1, 0.15) is 41.7 Å². The Morgan fingerprint density at radius 1 is 1.12 bits per heavy atom. The first kappa shape index (κ1) is 22.1. The minimum atomic E-state index is -0.476. The van der Waals surface area contributed by atoms with Gasteiger partial charge in [0.15, 0.2) is 0 Å². The van der Waals surface area contributed by atoms with Gasteiger partial charge in [0.25, 0.3) is 0 Å². The van der Waals surface area contributed by atoms with Crippen LogP contribution in [0, 0.1) is 5.82 Å². The number of nitrogens with one attached hydrogen (secondary N) is 2. The van der Waals surface area contributed by atoms with E-state index in [1.165, 1.54) is 13.2 Å². The minimum absolute atomic E-state index is 0.0661. The molecule has 0 aliphatic carbocycles. The highest BCUT2D eigenvalue weighted by Gasteiger charge is 2.48. The van der Waals surface area contributed by atoms with Crippen molar-refractivity contribution in [1.82, 2.24) is 15.2 Å². The Labute approximate surface area is 193 Å². The van der Waals surface area contributed by atoms with E-state index >= 15 is 4.39 Å². The second-order valence-electron chi connectivity index (χ2n) is 8.92. The predicted octanol–water partition coefficient (Wildman–Crippen LogP) is 3.89. The number of aromatic amines is 1. The van der Waals surface area contributed by atoms with Crippen LogP contribution in [0.2, 0.25) is 0 Å². The summed E-state index contributed by atoms with van der Waals surface area (Å²) in [7, 11) is 3.12. The van der Waals surface area contributed by atoms with Crippen molar-refractivity contribution in [2.75, 3.05) is 27.4 Å². The van der Waals surface area contributed by atoms with E-state index in [4.69, 9.17) is 9.47 Å². The lowest BCUT2D eigenvalue weighted by atomic mass is 9.79. The summed E-state index contributed by atoms with van der Waals surface area (Å²) in [6.07, 6.45) is 2.04. The van der Waals surface area contributed by atoms with E-state index < -0.39 is 6.04 Å². The molecule has 0 amide bonds. The number of ether oxygens (including phenoxy) is 2. The highest BCUT2D eigenvalue weighted by Crippen LogP contribution is 2.49. The molecule has 3 aromatic rings. The van der Waals surface area contributed by atoms with Gasteiger partial charge >= 0.3 is 5.97 Å². The molecule has 4 atom stereocenters. The number of hydrogen-bond donors (Lipinski definition) is 2. The fourth-order valence-electron chi connectivity index (χ4n) is 5.73. The number of para-hydroxylation sites is 1. The van der Waals surface area contributed by atoms with Gasteiger partial charge in [-0.3, -0.25) is 9.69 Å². The molecule has 0 unspecified atom stereocenters. The van der Waals surface area contributed by atoms with Gasteiger partial charge in [-0.1, -0.05) is 36.4 Å². The molecule has 33 heavy (non-hydrogen) atoms. The van der Waals surface area contributed by atoms with Crippen molar-refractivity contribution >= 4 is 16.9 Å². The summed E-state index contributed by atoms with van der Waals surface area (Å²) < 4.78 is 25.5. The average Bonchev–Trinajstić information content (AvgIpc) is 3.22. The molecular weight excluding hydrogens is 421 g/mol. The maximum absolute atomic E-state index is 15.0. The number of fused-ring (bicyclic) bond motifs is 5. The zero-order chi connectivity index (χ0) is 22.9. The largest absolute Gasteiger partial charge is 0.468 e. The molecular formula is C26H30FN3O3. The standard InChI is InChI=1S/C26H30FN3O3/c1-32-12-11-28-16-13-22(18-8-3-5-9-20(18)27)30-23(14-16)25-19(15-24(30)26(31)33-2)17-7-4-6-10-21(17)29-25/h3-10,16,22-24,28-29H,11-15H2,1-2H3/t16-,22-,23+,24-/m0/s1. The summed E-state index contributed by atoms with van der Waals surface area (Å²) in [4.78, 5) is 18.9. The Morgan fingerprint density at radius 3 is 2.67 bits per heavy atom. The molecule has 2 aromatic carbocycles. The van der Waals surface area contributed by atoms with Crippen LogP contribution in [0.15, 0.2) is 48.5 Å². The molecule has 6 nitrogen and oxygen atoms in total. The zero-order valence-corrected chi connectivity index (χ0v) is 19.0. The van der Waals surface area contributed by atoms with Crippen molar-refractivity contribution in [3.05, 3.63) is 71.2 Å². The van der Waals surface area contributed by atoms with Crippen molar-refractivity contribution in [2.24, 2.45) is 0 Å². The van der Waals surface area contributed by atoms with Gasteiger partial charge < -0.3 is 19.8 Å². The number of rotatable bonds is 6. The van der Waals surface area contributed by atoms with Crippen molar-refractivity contribution in [3.63, 3.8) is 0 Å². The third kappa shape index (κ3) is 3.94. The molecule has 0 radical (unpaired) electrons. The van der Waals surface area contributed by atoms with Crippen LogP contribution in [0.25, 0.3) is 10.9 Å². The fourth-order valence-corrected chi connectivity index (χ4v) is 5.73. The summed E-state index contributed by atoms with van der Waals surface area (Å²) in [5.74, 6) is -0.520. The first-order chi connectivity index (χ1) is 16.1. The van der Waals surface area contributed by atoms with E-state index in [0.29, 0.717) is 25.0 Å². The lowest BCUT2D eigenvalue weighted by molar-refractivity contribution is -0.152. The second-order valence-corrected chi connectivity index (χ2v) is 8.92. The average molecular weight is 452 g/mol. The molecule has 174 valence electrons. The number of hydrogen-bond acceptors (Lipinski definition) is 5. The molecule has 7 heteroatoms. The van der Waals surface area contributed by atoms with Crippen molar-refractivity contribution in [1.29, 1.82) is 0 Å². The third-order valence-electron chi connectivity index (χ3n) is 7.15. The third-order valence-corrected chi connectivity index (χ3v) is 7.15. The molecule has 2 aliphatic heterocycles. The fraction of sp³-hybridized carbons (Fsp3) is 0.423. The summed E-state index contributed by atoms with van der Waals surface area (Å²) in [6, 6.07) is 14.5. The molecule has 0 saturated carbocycles. The second kappa shape index (κ2) is 9.25. The molecule has 0 bridgehead atoms. The molecule has 3 heterocycles. The van der Waals surface area contributed by atoms with Crippen LogP contribution in [0.4, 0.5) is 4.39 Å².